The maximum Gasteiger partial charge on any atom is 0.517 e. The lowest BCUT2D eigenvalue weighted by Crippen LogP contribution is -2.60. The highest BCUT2D eigenvalue weighted by molar-refractivity contribution is 8.05. The summed E-state index contributed by atoms with van der Waals surface area (Å²) in [6, 6.07) is 0. The molecule has 0 bridgehead atoms. The summed E-state index contributed by atoms with van der Waals surface area (Å²) in [5.74, 6) is -2.36. The van der Waals surface area contributed by atoms with E-state index in [4.69, 9.17) is 4.74 Å². The number of morpholine rings is 1. The number of halogens is 6. The average molecular weight is 423 g/mol. The van der Waals surface area contributed by atoms with Gasteiger partial charge in [-0.15, -0.1) is 3.71 Å². The second-order valence-electron chi connectivity index (χ2n) is 5.33. The van der Waals surface area contributed by atoms with Crippen molar-refractivity contribution in [2.45, 2.75) is 11.0 Å². The van der Waals surface area contributed by atoms with E-state index in [0.29, 0.717) is 0 Å². The molecule has 0 aromatic carbocycles. The van der Waals surface area contributed by atoms with Crippen LogP contribution in [0, 0.1) is 0 Å². The Morgan fingerprint density at radius 3 is 1.64 bits per heavy atom. The number of nitrogens with zero attached hydrogens (tertiary/aromatic N) is 2. The van der Waals surface area contributed by atoms with Crippen molar-refractivity contribution in [2.24, 2.45) is 0 Å². The lowest BCUT2D eigenvalue weighted by Gasteiger charge is -2.37. The van der Waals surface area contributed by atoms with Crippen molar-refractivity contribution in [3.05, 3.63) is 0 Å². The van der Waals surface area contributed by atoms with Gasteiger partial charge in [0.2, 0.25) is 0 Å². The van der Waals surface area contributed by atoms with E-state index in [1.807, 2.05) is 0 Å². The third-order valence-electron chi connectivity index (χ3n) is 3.29. The van der Waals surface area contributed by atoms with E-state index in [0.717, 1.165) is 0 Å². The SMILES string of the molecule is C[N+]1(CC(=O)N(S(=O)(=O)C(F)(F)F)S(=O)(=O)C(F)(F)F)CCOCC1. The monoisotopic (exact) mass is 423 g/mol. The average Bonchev–Trinajstić information content (AvgIpc) is 2.35. The Hall–Kier alpha value is -1.13. The predicted octanol–water partition coefficient (Wildman–Crippen LogP) is -0.00900. The maximum atomic E-state index is 12.6. The molecule has 1 saturated heterocycles. The van der Waals surface area contributed by atoms with Crippen molar-refractivity contribution in [1.29, 1.82) is 0 Å². The second-order valence-corrected chi connectivity index (χ2v) is 9.12. The summed E-state index contributed by atoms with van der Waals surface area (Å²) in [5.41, 5.74) is -12.9. The zero-order valence-corrected chi connectivity index (χ0v) is 14.1. The molecule has 25 heavy (non-hydrogen) atoms. The van der Waals surface area contributed by atoms with E-state index in [9.17, 15) is 48.0 Å². The molecule has 0 aliphatic carbocycles. The molecule has 1 aliphatic rings. The second kappa shape index (κ2) is 6.55. The molecule has 16 heteroatoms. The molecule has 0 saturated carbocycles. The van der Waals surface area contributed by atoms with Crippen LogP contribution in [0.3, 0.4) is 0 Å². The van der Waals surface area contributed by atoms with Crippen LogP contribution in [0.5, 0.6) is 0 Å². The molecule has 1 aliphatic heterocycles. The smallest absolute Gasteiger partial charge is 0.370 e. The number of hydrogen-bond donors (Lipinski definition) is 0. The van der Waals surface area contributed by atoms with E-state index in [1.54, 1.807) is 0 Å². The topological polar surface area (TPSA) is 97.8 Å². The van der Waals surface area contributed by atoms with Gasteiger partial charge >= 0.3 is 37.0 Å². The van der Waals surface area contributed by atoms with Gasteiger partial charge < -0.3 is 9.22 Å². The highest BCUT2D eigenvalue weighted by Crippen LogP contribution is 2.35. The summed E-state index contributed by atoms with van der Waals surface area (Å²) in [5, 5.41) is 0. The number of amides is 1. The van der Waals surface area contributed by atoms with Gasteiger partial charge in [0, 0.05) is 0 Å². The number of carbonyl (C=O) groups is 1. The van der Waals surface area contributed by atoms with E-state index < -0.39 is 51.7 Å². The molecule has 0 unspecified atom stereocenters. The Morgan fingerprint density at radius 1 is 0.960 bits per heavy atom. The van der Waals surface area contributed by atoms with Crippen LogP contribution in [0.25, 0.3) is 0 Å². The highest BCUT2D eigenvalue weighted by atomic mass is 32.3. The van der Waals surface area contributed by atoms with Crippen molar-refractivity contribution in [2.75, 3.05) is 39.9 Å². The quantitative estimate of drug-likeness (QED) is 0.466. The fourth-order valence-electron chi connectivity index (χ4n) is 1.91. The lowest BCUT2D eigenvalue weighted by molar-refractivity contribution is -0.909. The van der Waals surface area contributed by atoms with Crippen LogP contribution in [0.1, 0.15) is 0 Å². The van der Waals surface area contributed by atoms with E-state index >= 15 is 0 Å². The minimum absolute atomic E-state index is 0.00181. The molecule has 0 spiro atoms. The van der Waals surface area contributed by atoms with E-state index in [1.165, 1.54) is 7.05 Å². The zero-order valence-electron chi connectivity index (χ0n) is 12.5. The van der Waals surface area contributed by atoms with Crippen molar-refractivity contribution >= 4 is 26.0 Å². The Morgan fingerprint density at radius 2 is 1.32 bits per heavy atom. The number of ether oxygens (including phenoxy) is 1. The number of hydrogen-bond acceptors (Lipinski definition) is 6. The number of quaternary nitrogens is 1. The van der Waals surface area contributed by atoms with Gasteiger partial charge in [0.15, 0.2) is 6.54 Å². The predicted molar refractivity (Wildman–Crippen MR) is 68.4 cm³/mol. The Bertz CT molecular complexity index is 679. The van der Waals surface area contributed by atoms with Gasteiger partial charge in [-0.3, -0.25) is 4.79 Å². The largest absolute Gasteiger partial charge is 0.517 e. The molecule has 8 nitrogen and oxygen atoms in total. The molecule has 0 atom stereocenters. The summed E-state index contributed by atoms with van der Waals surface area (Å²) in [6.07, 6.45) is 0. The summed E-state index contributed by atoms with van der Waals surface area (Å²) in [4.78, 5) is 11.9. The molecule has 0 aromatic heterocycles. The van der Waals surface area contributed by atoms with Gasteiger partial charge in [-0.05, 0) is 0 Å². The van der Waals surface area contributed by atoms with Gasteiger partial charge in [-0.25, -0.2) is 0 Å². The first kappa shape index (κ1) is 21.9. The fraction of sp³-hybridized carbons (Fsp3) is 0.889. The van der Waals surface area contributed by atoms with Crippen LogP contribution >= 0.6 is 0 Å². The summed E-state index contributed by atoms with van der Waals surface area (Å²) < 4.78 is 123. The minimum atomic E-state index is -7.12. The number of likely N-dealkylation sites (N-methyl/N-ethyl adjacent to an activating group) is 1. The minimum Gasteiger partial charge on any atom is -0.370 e. The number of rotatable bonds is 4. The van der Waals surface area contributed by atoms with Crippen LogP contribution in [0.2, 0.25) is 0 Å². The summed E-state index contributed by atoms with van der Waals surface area (Å²) >= 11 is 0. The Balaban J connectivity index is 3.41. The van der Waals surface area contributed by atoms with Gasteiger partial charge in [0.25, 0.3) is 0 Å². The third kappa shape index (κ3) is 4.35. The van der Waals surface area contributed by atoms with E-state index in [-0.39, 0.29) is 26.3 Å². The molecule has 1 heterocycles. The van der Waals surface area contributed by atoms with Crippen LogP contribution in [-0.4, -0.2) is 81.8 Å². The molecule has 0 radical (unpaired) electrons. The standard InChI is InChI=1S/C9H13F6N2O6S2/c1-17(2-4-23-5-3-17)6-7(18)16(24(19,20)8(10,11)12)25(21,22)9(13,14)15/h2-6H2,1H3/q+1. The van der Waals surface area contributed by atoms with Crippen molar-refractivity contribution < 1.29 is 57.2 Å². The molecule has 148 valence electrons. The molecular weight excluding hydrogens is 410 g/mol. The Kier molecular flexibility index (Phi) is 5.74. The molecule has 1 rings (SSSR count). The highest BCUT2D eigenvalue weighted by Gasteiger charge is 2.64. The van der Waals surface area contributed by atoms with Gasteiger partial charge in [0.05, 0.1) is 20.3 Å². The van der Waals surface area contributed by atoms with Crippen LogP contribution < -0.4 is 0 Å². The lowest BCUT2D eigenvalue weighted by atomic mass is 10.3. The molecule has 1 amide bonds. The Labute approximate surface area is 138 Å². The number of carbonyl (C=O) groups excluding carboxylic acids is 1. The number of alkyl halides is 6. The normalized spacial score (nSPS) is 19.5. The van der Waals surface area contributed by atoms with Gasteiger partial charge in [-0.1, -0.05) is 0 Å². The molecular formula is C9H13F6N2O6S2+. The van der Waals surface area contributed by atoms with Crippen molar-refractivity contribution in [3.8, 4) is 0 Å². The van der Waals surface area contributed by atoms with Crippen LogP contribution in [-0.2, 0) is 29.6 Å². The molecule has 0 aromatic rings. The van der Waals surface area contributed by atoms with Gasteiger partial charge in [-0.2, -0.15) is 43.2 Å². The molecule has 1 fully saturated rings. The van der Waals surface area contributed by atoms with Crippen molar-refractivity contribution in [1.82, 2.24) is 3.71 Å². The summed E-state index contributed by atoms with van der Waals surface area (Å²) in [7, 11) is -13.0. The van der Waals surface area contributed by atoms with Crippen molar-refractivity contribution in [3.63, 3.8) is 0 Å². The first-order valence-corrected chi connectivity index (χ1v) is 9.21. The van der Waals surface area contributed by atoms with E-state index in [2.05, 4.69) is 0 Å². The van der Waals surface area contributed by atoms with Crippen LogP contribution in [0.4, 0.5) is 26.3 Å². The van der Waals surface area contributed by atoms with Gasteiger partial charge in [0.1, 0.15) is 13.1 Å². The fourth-order valence-corrected chi connectivity index (χ4v) is 4.48. The first-order chi connectivity index (χ1) is 11.0. The maximum absolute atomic E-state index is 12.6. The number of sulfonamides is 2. The molecule has 0 N–H and O–H groups in total. The third-order valence-corrected chi connectivity index (χ3v) is 6.92. The first-order valence-electron chi connectivity index (χ1n) is 6.33. The zero-order chi connectivity index (χ0) is 19.9. The summed E-state index contributed by atoms with van der Waals surface area (Å²) in [6.45, 7) is -1.30. The van der Waals surface area contributed by atoms with Crippen LogP contribution in [0.15, 0.2) is 0 Å².